The van der Waals surface area contributed by atoms with Gasteiger partial charge in [0, 0.05) is 37.0 Å². The third kappa shape index (κ3) is 5.84. The second kappa shape index (κ2) is 9.09. The molecule has 0 radical (unpaired) electrons. The highest BCUT2D eigenvalue weighted by molar-refractivity contribution is 8.18. The van der Waals surface area contributed by atoms with Crippen LogP contribution in [0.3, 0.4) is 0 Å². The van der Waals surface area contributed by atoms with Gasteiger partial charge in [0.1, 0.15) is 5.60 Å². The average molecular weight is 450 g/mol. The number of hydrogen-bond acceptors (Lipinski definition) is 8. The molecule has 0 bridgehead atoms. The molecule has 0 unspecified atom stereocenters. The van der Waals surface area contributed by atoms with Gasteiger partial charge in [-0.1, -0.05) is 0 Å². The van der Waals surface area contributed by atoms with Crippen LogP contribution in [0.5, 0.6) is 11.5 Å². The van der Waals surface area contributed by atoms with E-state index >= 15 is 0 Å². The average Bonchev–Trinajstić information content (AvgIpc) is 3.25. The quantitative estimate of drug-likeness (QED) is 0.587. The largest absolute Gasteiger partial charge is 0.504 e. The predicted molar refractivity (Wildman–Crippen MR) is 118 cm³/mol. The van der Waals surface area contributed by atoms with Crippen LogP contribution in [-0.4, -0.2) is 54.7 Å². The molecule has 3 rings (SSSR count). The van der Waals surface area contributed by atoms with Crippen molar-refractivity contribution in [3.63, 3.8) is 0 Å². The highest BCUT2D eigenvalue weighted by Gasteiger charge is 2.29. The molecule has 168 valence electrons. The van der Waals surface area contributed by atoms with Crippen LogP contribution >= 0.6 is 11.8 Å². The van der Waals surface area contributed by atoms with Gasteiger partial charge in [0.15, 0.2) is 11.5 Å². The molecule has 2 heterocycles. The van der Waals surface area contributed by atoms with Crippen molar-refractivity contribution in [2.24, 2.45) is 5.92 Å². The Hall–Kier alpha value is -2.88. The monoisotopic (exact) mass is 449 g/mol. The number of hydrogen-bond donors (Lipinski definition) is 3. The highest BCUT2D eigenvalue weighted by Crippen LogP contribution is 2.39. The van der Waals surface area contributed by atoms with Gasteiger partial charge in [0.25, 0.3) is 11.1 Å². The molecule has 31 heavy (non-hydrogen) atoms. The lowest BCUT2D eigenvalue weighted by Crippen LogP contribution is -2.36. The van der Waals surface area contributed by atoms with Gasteiger partial charge >= 0.3 is 6.09 Å². The number of thioether (sulfide) groups is 1. The Morgan fingerprint density at radius 1 is 1.39 bits per heavy atom. The number of ether oxygens (including phenoxy) is 2. The van der Waals surface area contributed by atoms with Crippen LogP contribution in [0.4, 0.5) is 15.3 Å². The lowest BCUT2D eigenvalue weighted by atomic mass is 10.1. The zero-order valence-electron chi connectivity index (χ0n) is 18.0. The summed E-state index contributed by atoms with van der Waals surface area (Å²) >= 11 is 0.821. The topological polar surface area (TPSA) is 117 Å². The minimum atomic E-state index is -0.553. The summed E-state index contributed by atoms with van der Waals surface area (Å²) in [4.78, 5) is 37.7. The van der Waals surface area contributed by atoms with E-state index in [2.05, 4.69) is 15.5 Å². The number of rotatable bonds is 5. The standard InChI is InChI=1S/C21H27N3O6S/c1-21(2,3)30-19(27)22-10-12-5-6-24(11-12)14-9-16(29-4)15(25)7-13(14)8-17-18(26)23-20(28)31-17/h7-9,12,25H,5-6,10-11H2,1-4H3,(H,22,27)(H,23,26,28)/b17-8-/t12-/m0/s1. The molecule has 2 aliphatic rings. The van der Waals surface area contributed by atoms with E-state index in [0.29, 0.717) is 24.4 Å². The fourth-order valence-electron chi connectivity index (χ4n) is 3.45. The number of alkyl carbamates (subject to hydrolysis) is 1. The predicted octanol–water partition coefficient (Wildman–Crippen LogP) is 3.08. The molecule has 0 saturated carbocycles. The fourth-order valence-corrected chi connectivity index (χ4v) is 4.12. The lowest BCUT2D eigenvalue weighted by Gasteiger charge is -2.23. The molecule has 0 spiro atoms. The Balaban J connectivity index is 1.76. The van der Waals surface area contributed by atoms with Crippen LogP contribution in [0, 0.1) is 5.92 Å². The van der Waals surface area contributed by atoms with E-state index in [1.165, 1.54) is 13.2 Å². The first-order valence-corrected chi connectivity index (χ1v) is 10.7. The molecule has 3 amide bonds. The molecule has 1 aromatic rings. The Bertz CT molecular complexity index is 924. The van der Waals surface area contributed by atoms with Gasteiger partial charge in [-0.3, -0.25) is 14.9 Å². The van der Waals surface area contributed by atoms with E-state index in [9.17, 15) is 19.5 Å². The summed E-state index contributed by atoms with van der Waals surface area (Å²) < 4.78 is 10.5. The number of carbonyl (C=O) groups is 3. The minimum Gasteiger partial charge on any atom is -0.504 e. The molecule has 1 atom stereocenters. The van der Waals surface area contributed by atoms with Gasteiger partial charge in [-0.15, -0.1) is 0 Å². The van der Waals surface area contributed by atoms with E-state index in [4.69, 9.17) is 9.47 Å². The normalized spacial score (nSPS) is 20.2. The maximum absolute atomic E-state index is 12.0. The SMILES string of the molecule is COc1cc(N2CC[C@@H](CNC(=O)OC(C)(C)C)C2)c(/C=C2\SC(=O)NC2=O)cc1O. The van der Waals surface area contributed by atoms with Gasteiger partial charge < -0.3 is 24.8 Å². The smallest absolute Gasteiger partial charge is 0.407 e. The number of nitrogens with one attached hydrogen (secondary N) is 2. The highest BCUT2D eigenvalue weighted by atomic mass is 32.2. The van der Waals surface area contributed by atoms with Gasteiger partial charge in [0.05, 0.1) is 12.0 Å². The number of anilines is 1. The molecule has 0 aromatic heterocycles. The fraction of sp³-hybridized carbons (Fsp3) is 0.476. The molecule has 2 saturated heterocycles. The summed E-state index contributed by atoms with van der Waals surface area (Å²) in [5.41, 5.74) is 0.823. The van der Waals surface area contributed by atoms with Crippen LogP contribution in [-0.2, 0) is 9.53 Å². The van der Waals surface area contributed by atoms with Crippen molar-refractivity contribution in [2.75, 3.05) is 31.6 Å². The van der Waals surface area contributed by atoms with Crippen LogP contribution < -0.4 is 20.3 Å². The molecule has 2 aliphatic heterocycles. The summed E-state index contributed by atoms with van der Waals surface area (Å²) in [6.45, 7) is 7.31. The van der Waals surface area contributed by atoms with Crippen molar-refractivity contribution >= 4 is 40.8 Å². The molecule has 3 N–H and O–H groups in total. The maximum atomic E-state index is 12.0. The van der Waals surface area contributed by atoms with Gasteiger partial charge in [-0.2, -0.15) is 0 Å². The maximum Gasteiger partial charge on any atom is 0.407 e. The Labute approximate surface area is 185 Å². The van der Waals surface area contributed by atoms with Crippen molar-refractivity contribution < 1.29 is 29.0 Å². The van der Waals surface area contributed by atoms with E-state index in [-0.39, 0.29) is 16.6 Å². The van der Waals surface area contributed by atoms with Crippen LogP contribution in [0.25, 0.3) is 6.08 Å². The van der Waals surface area contributed by atoms with Crippen LogP contribution in [0.1, 0.15) is 32.8 Å². The molecular formula is C21H27N3O6S. The van der Waals surface area contributed by atoms with Crippen LogP contribution in [0.15, 0.2) is 17.0 Å². The molecular weight excluding hydrogens is 422 g/mol. The summed E-state index contributed by atoms with van der Waals surface area (Å²) in [7, 11) is 1.47. The molecule has 1 aromatic carbocycles. The Morgan fingerprint density at radius 3 is 2.74 bits per heavy atom. The van der Waals surface area contributed by atoms with Gasteiger partial charge in [-0.25, -0.2) is 4.79 Å². The number of carbonyl (C=O) groups excluding carboxylic acids is 3. The Kier molecular flexibility index (Phi) is 6.68. The number of nitrogens with zero attached hydrogens (tertiary/aromatic N) is 1. The third-order valence-electron chi connectivity index (χ3n) is 4.82. The van der Waals surface area contributed by atoms with E-state index < -0.39 is 22.8 Å². The third-order valence-corrected chi connectivity index (χ3v) is 5.63. The first-order valence-electron chi connectivity index (χ1n) is 9.93. The second-order valence-electron chi connectivity index (χ2n) is 8.42. The summed E-state index contributed by atoms with van der Waals surface area (Å²) in [6.07, 6.45) is 1.99. The van der Waals surface area contributed by atoms with E-state index in [1.807, 2.05) is 20.8 Å². The molecule has 2 fully saturated rings. The van der Waals surface area contributed by atoms with Crippen molar-refractivity contribution in [2.45, 2.75) is 32.8 Å². The molecule has 10 heteroatoms. The second-order valence-corrected chi connectivity index (χ2v) is 9.43. The zero-order valence-corrected chi connectivity index (χ0v) is 18.8. The van der Waals surface area contributed by atoms with Crippen LogP contribution in [0.2, 0.25) is 0 Å². The van der Waals surface area contributed by atoms with Crippen molar-refractivity contribution in [3.8, 4) is 11.5 Å². The number of phenols is 1. The molecule has 9 nitrogen and oxygen atoms in total. The van der Waals surface area contributed by atoms with Crippen molar-refractivity contribution in [3.05, 3.63) is 22.6 Å². The van der Waals surface area contributed by atoms with E-state index in [0.717, 1.165) is 30.4 Å². The van der Waals surface area contributed by atoms with Crippen molar-refractivity contribution in [1.29, 1.82) is 0 Å². The molecule has 0 aliphatic carbocycles. The number of benzene rings is 1. The first-order chi connectivity index (χ1) is 14.6. The number of imide groups is 1. The number of aromatic hydroxyl groups is 1. The Morgan fingerprint density at radius 2 is 2.13 bits per heavy atom. The van der Waals surface area contributed by atoms with E-state index in [1.54, 1.807) is 12.1 Å². The summed E-state index contributed by atoms with van der Waals surface area (Å²) in [6, 6.07) is 3.23. The van der Waals surface area contributed by atoms with Crippen molar-refractivity contribution in [1.82, 2.24) is 10.6 Å². The van der Waals surface area contributed by atoms with Gasteiger partial charge in [0.2, 0.25) is 0 Å². The number of methoxy groups -OCH3 is 1. The lowest BCUT2D eigenvalue weighted by molar-refractivity contribution is -0.115. The van der Waals surface area contributed by atoms with Gasteiger partial charge in [-0.05, 0) is 57.0 Å². The number of phenolic OH excluding ortho intramolecular Hbond substituents is 1. The summed E-state index contributed by atoms with van der Waals surface area (Å²) in [5, 5.41) is 14.8. The number of amides is 3. The minimum absolute atomic E-state index is 0.0600. The summed E-state index contributed by atoms with van der Waals surface area (Å²) in [5.74, 6) is -0.00192. The zero-order chi connectivity index (χ0) is 22.8. The first kappa shape index (κ1) is 22.8.